The second kappa shape index (κ2) is 7.27. The monoisotopic (exact) mass is 375 g/mol. The van der Waals surface area contributed by atoms with Crippen LogP contribution in [0.15, 0.2) is 24.3 Å². The van der Waals surface area contributed by atoms with Crippen LogP contribution in [0.4, 0.5) is 0 Å². The van der Waals surface area contributed by atoms with Gasteiger partial charge in [-0.1, -0.05) is 36.2 Å². The predicted octanol–water partition coefficient (Wildman–Crippen LogP) is 2.55. The van der Waals surface area contributed by atoms with Gasteiger partial charge < -0.3 is 9.47 Å². The van der Waals surface area contributed by atoms with Crippen LogP contribution in [0, 0.1) is 0 Å². The summed E-state index contributed by atoms with van der Waals surface area (Å²) in [4.78, 5) is 0. The second-order valence-corrected chi connectivity index (χ2v) is 7.99. The number of halogens is 1. The van der Waals surface area contributed by atoms with Gasteiger partial charge in [0, 0.05) is 24.3 Å². The molecule has 6 nitrogen and oxygen atoms in total. The molecule has 0 radical (unpaired) electrons. The summed E-state index contributed by atoms with van der Waals surface area (Å²) in [7, 11) is -4.02. The van der Waals surface area contributed by atoms with E-state index in [4.69, 9.17) is 30.4 Å². The molecule has 1 saturated heterocycles. The van der Waals surface area contributed by atoms with Crippen LogP contribution in [-0.2, 0) is 30.4 Å². The van der Waals surface area contributed by atoms with Crippen molar-refractivity contribution in [2.45, 2.75) is 56.5 Å². The first-order chi connectivity index (χ1) is 11.4. The predicted molar refractivity (Wildman–Crippen MR) is 89.8 cm³/mol. The third kappa shape index (κ3) is 4.47. The number of ether oxygens (including phenoxy) is 2. The van der Waals surface area contributed by atoms with Crippen molar-refractivity contribution in [2.24, 2.45) is 5.14 Å². The van der Waals surface area contributed by atoms with Gasteiger partial charge in [0.15, 0.2) is 5.79 Å². The molecule has 0 bridgehead atoms. The molecule has 8 heteroatoms. The Morgan fingerprint density at radius 3 is 2.50 bits per heavy atom. The van der Waals surface area contributed by atoms with Gasteiger partial charge in [0.05, 0.1) is 12.7 Å². The Labute approximate surface area is 147 Å². The van der Waals surface area contributed by atoms with Crippen LogP contribution >= 0.6 is 11.6 Å². The molecule has 1 saturated carbocycles. The van der Waals surface area contributed by atoms with Gasteiger partial charge in [-0.15, -0.1) is 0 Å². The van der Waals surface area contributed by atoms with E-state index in [1.165, 1.54) is 0 Å². The van der Waals surface area contributed by atoms with E-state index in [-0.39, 0.29) is 12.7 Å². The van der Waals surface area contributed by atoms with Crippen molar-refractivity contribution in [3.8, 4) is 0 Å². The molecule has 2 aliphatic rings. The third-order valence-electron chi connectivity index (χ3n) is 4.54. The fourth-order valence-corrected chi connectivity index (χ4v) is 3.95. The zero-order valence-corrected chi connectivity index (χ0v) is 14.9. The zero-order valence-electron chi connectivity index (χ0n) is 13.3. The van der Waals surface area contributed by atoms with Crippen molar-refractivity contribution in [1.82, 2.24) is 0 Å². The maximum absolute atomic E-state index is 11.1. The Morgan fingerprint density at radius 1 is 1.17 bits per heavy atom. The molecule has 2 atom stereocenters. The zero-order chi connectivity index (χ0) is 17.2. The lowest BCUT2D eigenvalue weighted by Gasteiger charge is -2.32. The molecule has 1 heterocycles. The van der Waals surface area contributed by atoms with Crippen LogP contribution < -0.4 is 5.14 Å². The van der Waals surface area contributed by atoms with E-state index in [0.717, 1.165) is 37.7 Å². The first-order valence-corrected chi connectivity index (χ1v) is 9.98. The summed E-state index contributed by atoms with van der Waals surface area (Å²) in [5.41, 5.74) is 0.932. The molecule has 1 aliphatic carbocycles. The number of benzene rings is 1. The lowest BCUT2D eigenvalue weighted by Crippen LogP contribution is -2.34. The summed E-state index contributed by atoms with van der Waals surface area (Å²) in [6.45, 7) is -0.157. The van der Waals surface area contributed by atoms with E-state index < -0.39 is 22.2 Å². The van der Waals surface area contributed by atoms with Crippen molar-refractivity contribution in [3.05, 3.63) is 34.9 Å². The Balaban J connectivity index is 1.76. The minimum Gasteiger partial charge on any atom is -0.344 e. The highest BCUT2D eigenvalue weighted by molar-refractivity contribution is 7.84. The SMILES string of the molecule is NS(=O)(=O)OCC1OC2(CCCCC2)OC1Cc1ccccc1Cl. The molecule has 2 N–H and O–H groups in total. The molecule has 0 amide bonds. The molecule has 2 unspecified atom stereocenters. The largest absolute Gasteiger partial charge is 0.344 e. The van der Waals surface area contributed by atoms with E-state index in [1.807, 2.05) is 24.3 Å². The highest BCUT2D eigenvalue weighted by atomic mass is 35.5. The van der Waals surface area contributed by atoms with Gasteiger partial charge in [-0.3, -0.25) is 4.18 Å². The topological polar surface area (TPSA) is 87.9 Å². The minimum atomic E-state index is -4.02. The molecule has 3 rings (SSSR count). The maximum Gasteiger partial charge on any atom is 0.333 e. The smallest absolute Gasteiger partial charge is 0.333 e. The van der Waals surface area contributed by atoms with Gasteiger partial charge in [0.1, 0.15) is 6.10 Å². The van der Waals surface area contributed by atoms with Gasteiger partial charge in [-0.25, -0.2) is 5.14 Å². The molecule has 2 fully saturated rings. The van der Waals surface area contributed by atoms with E-state index in [1.54, 1.807) is 0 Å². The Morgan fingerprint density at radius 2 is 1.83 bits per heavy atom. The standard InChI is InChI=1S/C16H22ClNO5S/c17-13-7-3-2-6-12(13)10-14-15(11-21-24(18,19)20)23-16(22-14)8-4-1-5-9-16/h2-3,6-7,14-15H,1,4-5,8-11H2,(H2,18,19,20). The maximum atomic E-state index is 11.1. The van der Waals surface area contributed by atoms with Crippen molar-refractivity contribution >= 4 is 21.9 Å². The van der Waals surface area contributed by atoms with Crippen LogP contribution in [0.3, 0.4) is 0 Å². The van der Waals surface area contributed by atoms with E-state index in [2.05, 4.69) is 0 Å². The third-order valence-corrected chi connectivity index (χ3v) is 5.37. The van der Waals surface area contributed by atoms with Crippen molar-refractivity contribution in [1.29, 1.82) is 0 Å². The highest BCUT2D eigenvalue weighted by Crippen LogP contribution is 2.41. The van der Waals surface area contributed by atoms with Crippen LogP contribution in [-0.4, -0.2) is 33.0 Å². The molecular weight excluding hydrogens is 354 g/mol. The van der Waals surface area contributed by atoms with Crippen LogP contribution in [0.2, 0.25) is 5.02 Å². The summed E-state index contributed by atoms with van der Waals surface area (Å²) in [5.74, 6) is -0.642. The Hall–Kier alpha value is -0.700. The normalized spacial score (nSPS) is 26.8. The fourth-order valence-electron chi connectivity index (χ4n) is 3.41. The summed E-state index contributed by atoms with van der Waals surface area (Å²) in [5, 5.41) is 5.59. The summed E-state index contributed by atoms with van der Waals surface area (Å²) in [6, 6.07) is 7.51. The molecule has 0 aromatic heterocycles. The average Bonchev–Trinajstić information content (AvgIpc) is 2.85. The van der Waals surface area contributed by atoms with E-state index >= 15 is 0 Å². The van der Waals surface area contributed by atoms with Gasteiger partial charge in [0.25, 0.3) is 0 Å². The Kier molecular flexibility index (Phi) is 5.48. The Bertz CT molecular complexity index is 675. The van der Waals surface area contributed by atoms with Crippen molar-refractivity contribution in [2.75, 3.05) is 6.61 Å². The molecule has 1 aromatic carbocycles. The first-order valence-electron chi connectivity index (χ1n) is 8.13. The van der Waals surface area contributed by atoms with Gasteiger partial charge in [-0.2, -0.15) is 8.42 Å². The summed E-state index contributed by atoms with van der Waals surface area (Å²) in [6.07, 6.45) is 4.52. The van der Waals surface area contributed by atoms with Crippen LogP contribution in [0.1, 0.15) is 37.7 Å². The number of hydrogen-bond acceptors (Lipinski definition) is 5. The second-order valence-electron chi connectivity index (χ2n) is 6.36. The van der Waals surface area contributed by atoms with Gasteiger partial charge in [0.2, 0.25) is 0 Å². The van der Waals surface area contributed by atoms with Crippen LogP contribution in [0.5, 0.6) is 0 Å². The first kappa shape index (κ1) is 18.1. The average molecular weight is 376 g/mol. The number of rotatable bonds is 5. The van der Waals surface area contributed by atoms with Gasteiger partial charge >= 0.3 is 10.3 Å². The minimum absolute atomic E-state index is 0.157. The fraction of sp³-hybridized carbons (Fsp3) is 0.625. The quantitative estimate of drug-likeness (QED) is 0.854. The molecule has 24 heavy (non-hydrogen) atoms. The number of nitrogens with two attached hydrogens (primary N) is 1. The molecule has 1 spiro atoms. The molecule has 134 valence electrons. The van der Waals surface area contributed by atoms with E-state index in [9.17, 15) is 8.42 Å². The lowest BCUT2D eigenvalue weighted by atomic mass is 9.94. The molecular formula is C16H22ClNO5S. The summed E-state index contributed by atoms with van der Waals surface area (Å²) >= 11 is 6.23. The lowest BCUT2D eigenvalue weighted by molar-refractivity contribution is -0.195. The molecule has 1 aromatic rings. The number of hydrogen-bond donors (Lipinski definition) is 1. The van der Waals surface area contributed by atoms with Gasteiger partial charge in [-0.05, 0) is 24.5 Å². The molecule has 1 aliphatic heterocycles. The van der Waals surface area contributed by atoms with E-state index in [0.29, 0.717) is 11.4 Å². The van der Waals surface area contributed by atoms with Crippen molar-refractivity contribution < 1.29 is 22.1 Å². The highest BCUT2D eigenvalue weighted by Gasteiger charge is 2.48. The summed E-state index contributed by atoms with van der Waals surface area (Å²) < 4.78 is 39.3. The van der Waals surface area contributed by atoms with Crippen molar-refractivity contribution in [3.63, 3.8) is 0 Å². The van der Waals surface area contributed by atoms with Crippen LogP contribution in [0.25, 0.3) is 0 Å².